The molecule has 21 heavy (non-hydrogen) atoms. The number of nitrogens with zero attached hydrogens (tertiary/aromatic N) is 1. The maximum atomic E-state index is 12.1. The number of likely N-dealkylation sites (N-methyl/N-ethyl adjacent to an activating group) is 1. The Kier molecular flexibility index (Phi) is 6.64. The van der Waals surface area contributed by atoms with E-state index in [2.05, 4.69) is 0 Å². The van der Waals surface area contributed by atoms with Gasteiger partial charge in [-0.05, 0) is 6.92 Å². The molecule has 0 aromatic carbocycles. The summed E-state index contributed by atoms with van der Waals surface area (Å²) < 4.78 is 10.1. The first-order chi connectivity index (χ1) is 9.97. The molecule has 2 N–H and O–H groups in total. The Labute approximate surface area is 128 Å². The summed E-state index contributed by atoms with van der Waals surface area (Å²) in [5.41, 5.74) is 6.50. The normalized spacial score (nSPS) is 10.5. The van der Waals surface area contributed by atoms with Gasteiger partial charge in [-0.25, -0.2) is 4.79 Å². The summed E-state index contributed by atoms with van der Waals surface area (Å²) >= 11 is 1.23. The van der Waals surface area contributed by atoms with Crippen molar-refractivity contribution in [2.45, 2.75) is 20.3 Å². The van der Waals surface area contributed by atoms with Crippen LogP contribution in [0.15, 0.2) is 0 Å². The van der Waals surface area contributed by atoms with Crippen molar-refractivity contribution in [1.82, 2.24) is 0 Å². The number of ketones is 1. The van der Waals surface area contributed by atoms with Gasteiger partial charge in [0.25, 0.3) is 0 Å². The average Bonchev–Trinajstić information content (AvgIpc) is 2.81. The molecule has 0 saturated heterocycles. The van der Waals surface area contributed by atoms with Gasteiger partial charge in [0.1, 0.15) is 10.6 Å². The lowest BCUT2D eigenvalue weighted by Crippen LogP contribution is -2.23. The zero-order chi connectivity index (χ0) is 16.0. The van der Waals surface area contributed by atoms with Crippen LogP contribution < -0.4 is 10.6 Å². The predicted octanol–water partition coefficient (Wildman–Crippen LogP) is 2.18. The van der Waals surface area contributed by atoms with E-state index in [4.69, 9.17) is 15.2 Å². The third-order valence-electron chi connectivity index (χ3n) is 2.96. The third-order valence-corrected chi connectivity index (χ3v) is 4.32. The van der Waals surface area contributed by atoms with E-state index in [1.54, 1.807) is 21.0 Å². The quantitative estimate of drug-likeness (QED) is 0.585. The lowest BCUT2D eigenvalue weighted by molar-refractivity contribution is 0.0529. The molecule has 1 heterocycles. The van der Waals surface area contributed by atoms with Crippen LogP contribution in [-0.2, 0) is 9.47 Å². The van der Waals surface area contributed by atoms with Crippen molar-refractivity contribution in [3.8, 4) is 0 Å². The summed E-state index contributed by atoms with van der Waals surface area (Å²) in [7, 11) is 3.43. The highest BCUT2D eigenvalue weighted by Gasteiger charge is 2.27. The highest BCUT2D eigenvalue weighted by atomic mass is 32.1. The van der Waals surface area contributed by atoms with Crippen LogP contribution in [0.3, 0.4) is 0 Å². The van der Waals surface area contributed by atoms with E-state index in [0.29, 0.717) is 29.5 Å². The molecule has 0 radical (unpaired) electrons. The average molecular weight is 314 g/mol. The monoisotopic (exact) mass is 314 g/mol. The van der Waals surface area contributed by atoms with Gasteiger partial charge in [0, 0.05) is 27.1 Å². The van der Waals surface area contributed by atoms with Gasteiger partial charge in [-0.2, -0.15) is 0 Å². The second-order valence-electron chi connectivity index (χ2n) is 4.44. The molecule has 0 atom stereocenters. The first kappa shape index (κ1) is 17.5. The lowest BCUT2D eigenvalue weighted by atomic mass is 10.1. The van der Waals surface area contributed by atoms with E-state index >= 15 is 0 Å². The Hall–Kier alpha value is -1.60. The van der Waals surface area contributed by atoms with Crippen molar-refractivity contribution in [3.05, 3.63) is 10.4 Å². The third kappa shape index (κ3) is 3.95. The van der Waals surface area contributed by atoms with Crippen LogP contribution in [0.25, 0.3) is 0 Å². The van der Waals surface area contributed by atoms with E-state index in [1.165, 1.54) is 11.3 Å². The lowest BCUT2D eigenvalue weighted by Gasteiger charge is -2.18. The number of anilines is 2. The number of Topliss-reactive ketones (excluding diaryl/α,β-unsaturated/α-hetero) is 1. The van der Waals surface area contributed by atoms with E-state index in [-0.39, 0.29) is 23.6 Å². The number of hydrogen-bond donors (Lipinski definition) is 1. The van der Waals surface area contributed by atoms with E-state index in [1.807, 2.05) is 11.9 Å². The molecule has 7 heteroatoms. The van der Waals surface area contributed by atoms with Crippen LogP contribution in [0.2, 0.25) is 0 Å². The number of carbonyl (C=O) groups excluding carboxylic acids is 2. The Balaban J connectivity index is 3.25. The summed E-state index contributed by atoms with van der Waals surface area (Å²) in [6, 6.07) is 0. The van der Waals surface area contributed by atoms with Crippen LogP contribution in [0, 0.1) is 0 Å². The molecule has 0 unspecified atom stereocenters. The molecule has 118 valence electrons. The number of methoxy groups -OCH3 is 1. The minimum absolute atomic E-state index is 0.0746. The standard InChI is InChI=1S/C14H22N2O4S/c1-5-9(17)12-11(15)10(14(18)20-6-2)13(21-12)16(3)7-8-19-4/h5-8,15H2,1-4H3. The second kappa shape index (κ2) is 7.99. The van der Waals surface area contributed by atoms with Gasteiger partial charge in [0.2, 0.25) is 0 Å². The van der Waals surface area contributed by atoms with Gasteiger partial charge < -0.3 is 20.1 Å². The summed E-state index contributed by atoms with van der Waals surface area (Å²) in [6.07, 6.45) is 0.341. The molecule has 6 nitrogen and oxygen atoms in total. The Morgan fingerprint density at radius 3 is 2.52 bits per heavy atom. The van der Waals surface area contributed by atoms with Crippen LogP contribution in [0.5, 0.6) is 0 Å². The number of hydrogen-bond acceptors (Lipinski definition) is 7. The fraction of sp³-hybridized carbons (Fsp3) is 0.571. The van der Waals surface area contributed by atoms with E-state index in [0.717, 1.165) is 0 Å². The van der Waals surface area contributed by atoms with Crippen LogP contribution in [0.4, 0.5) is 10.7 Å². The van der Waals surface area contributed by atoms with Crippen molar-refractivity contribution in [2.24, 2.45) is 0 Å². The van der Waals surface area contributed by atoms with Crippen molar-refractivity contribution in [2.75, 3.05) is 44.5 Å². The SMILES string of the molecule is CCOC(=O)c1c(N(C)CCOC)sc(C(=O)CC)c1N. The summed E-state index contributed by atoms with van der Waals surface area (Å²) in [5, 5.41) is 0.639. The number of carbonyl (C=O) groups is 2. The second-order valence-corrected chi connectivity index (χ2v) is 5.44. The molecule has 1 rings (SSSR count). The van der Waals surface area contributed by atoms with E-state index in [9.17, 15) is 9.59 Å². The number of thiophene rings is 1. The number of nitrogens with two attached hydrogens (primary N) is 1. The molecule has 0 amide bonds. The zero-order valence-electron chi connectivity index (χ0n) is 12.9. The largest absolute Gasteiger partial charge is 0.462 e. The van der Waals surface area contributed by atoms with Crippen molar-refractivity contribution >= 4 is 33.8 Å². The smallest absolute Gasteiger partial charge is 0.343 e. The number of rotatable bonds is 8. The molecular formula is C14H22N2O4S. The fourth-order valence-electron chi connectivity index (χ4n) is 1.80. The Morgan fingerprint density at radius 1 is 1.33 bits per heavy atom. The zero-order valence-corrected chi connectivity index (χ0v) is 13.7. The predicted molar refractivity (Wildman–Crippen MR) is 84.5 cm³/mol. The minimum Gasteiger partial charge on any atom is -0.462 e. The van der Waals surface area contributed by atoms with Gasteiger partial charge in [-0.3, -0.25) is 4.79 Å². The highest BCUT2D eigenvalue weighted by molar-refractivity contribution is 7.19. The molecule has 0 saturated carbocycles. The van der Waals surface area contributed by atoms with Gasteiger partial charge >= 0.3 is 5.97 Å². The maximum absolute atomic E-state index is 12.1. The molecular weight excluding hydrogens is 292 g/mol. The minimum atomic E-state index is -0.499. The van der Waals surface area contributed by atoms with Gasteiger partial charge in [-0.1, -0.05) is 6.92 Å². The van der Waals surface area contributed by atoms with Crippen LogP contribution in [-0.4, -0.2) is 45.7 Å². The molecule has 1 aromatic rings. The van der Waals surface area contributed by atoms with Crippen molar-refractivity contribution in [3.63, 3.8) is 0 Å². The fourth-order valence-corrected chi connectivity index (χ4v) is 3.00. The summed E-state index contributed by atoms with van der Waals surface area (Å²) in [4.78, 5) is 26.3. The summed E-state index contributed by atoms with van der Waals surface area (Å²) in [6.45, 7) is 4.84. The number of esters is 1. The molecule has 0 aliphatic carbocycles. The topological polar surface area (TPSA) is 81.9 Å². The van der Waals surface area contributed by atoms with Gasteiger partial charge in [0.05, 0.1) is 23.8 Å². The molecule has 0 aliphatic rings. The molecule has 0 fully saturated rings. The summed E-state index contributed by atoms with van der Waals surface area (Å²) in [5.74, 6) is -0.574. The Morgan fingerprint density at radius 2 is 2.00 bits per heavy atom. The molecule has 0 spiro atoms. The Bertz CT molecular complexity index is 513. The van der Waals surface area contributed by atoms with Crippen LogP contribution in [0.1, 0.15) is 40.3 Å². The van der Waals surface area contributed by atoms with Crippen LogP contribution >= 0.6 is 11.3 Å². The van der Waals surface area contributed by atoms with E-state index < -0.39 is 5.97 Å². The first-order valence-electron chi connectivity index (χ1n) is 6.80. The number of ether oxygens (including phenoxy) is 2. The molecule has 0 aliphatic heterocycles. The maximum Gasteiger partial charge on any atom is 0.343 e. The highest BCUT2D eigenvalue weighted by Crippen LogP contribution is 2.39. The van der Waals surface area contributed by atoms with Gasteiger partial charge in [0.15, 0.2) is 5.78 Å². The molecule has 1 aromatic heterocycles. The van der Waals surface area contributed by atoms with Crippen molar-refractivity contribution < 1.29 is 19.1 Å². The first-order valence-corrected chi connectivity index (χ1v) is 7.62. The molecule has 0 bridgehead atoms. The van der Waals surface area contributed by atoms with Crippen molar-refractivity contribution in [1.29, 1.82) is 0 Å². The van der Waals surface area contributed by atoms with Gasteiger partial charge in [-0.15, -0.1) is 11.3 Å². The number of nitrogen functional groups attached to an aromatic ring is 1.